The second-order valence-corrected chi connectivity index (χ2v) is 4.62. The van der Waals surface area contributed by atoms with Gasteiger partial charge in [0.1, 0.15) is 11.4 Å². The van der Waals surface area contributed by atoms with Gasteiger partial charge in [0, 0.05) is 5.69 Å². The number of pyridine rings is 1. The molecule has 0 radical (unpaired) electrons. The zero-order valence-corrected chi connectivity index (χ0v) is 11.5. The number of hydrogen-bond acceptors (Lipinski definition) is 4. The second-order valence-electron chi connectivity index (χ2n) is 4.62. The number of aromatic nitrogens is 1. The van der Waals surface area contributed by atoms with Crippen molar-refractivity contribution < 1.29 is 9.53 Å². The molecular weight excluding hydrogens is 254 g/mol. The maximum Gasteiger partial charge on any atom is 0.274 e. The second kappa shape index (κ2) is 6.06. The highest BCUT2D eigenvalue weighted by Crippen LogP contribution is 2.17. The molecule has 0 aliphatic rings. The summed E-state index contributed by atoms with van der Waals surface area (Å²) >= 11 is 0. The smallest absolute Gasteiger partial charge is 0.274 e. The highest BCUT2D eigenvalue weighted by Gasteiger charge is 2.07. The van der Waals surface area contributed by atoms with Gasteiger partial charge in [-0.05, 0) is 50.2 Å². The lowest BCUT2D eigenvalue weighted by Gasteiger charge is -2.10. The number of amides is 1. The standard InChI is InChI=1S/C15H17N3O2/c1-10(2)20-13-6-4-12(5-7-13)18-15(19)14-8-3-11(16)9-17-14/h3-10H,16H2,1-2H3,(H,18,19). The zero-order valence-electron chi connectivity index (χ0n) is 11.5. The van der Waals surface area contributed by atoms with Crippen LogP contribution in [0.1, 0.15) is 24.3 Å². The van der Waals surface area contributed by atoms with Crippen LogP contribution in [-0.4, -0.2) is 17.0 Å². The van der Waals surface area contributed by atoms with Crippen LogP contribution in [0.5, 0.6) is 5.75 Å². The number of anilines is 2. The summed E-state index contributed by atoms with van der Waals surface area (Å²) in [5.41, 5.74) is 7.06. The molecule has 0 saturated heterocycles. The van der Waals surface area contributed by atoms with Gasteiger partial charge < -0.3 is 15.8 Å². The first-order chi connectivity index (χ1) is 9.54. The fourth-order valence-electron chi connectivity index (χ4n) is 1.62. The van der Waals surface area contributed by atoms with E-state index in [4.69, 9.17) is 10.5 Å². The minimum Gasteiger partial charge on any atom is -0.491 e. The minimum absolute atomic E-state index is 0.120. The Morgan fingerprint density at radius 3 is 2.45 bits per heavy atom. The van der Waals surface area contributed by atoms with Crippen LogP contribution in [-0.2, 0) is 0 Å². The predicted octanol–water partition coefficient (Wildman–Crippen LogP) is 2.70. The minimum atomic E-state index is -0.275. The Balaban J connectivity index is 2.02. The first-order valence-corrected chi connectivity index (χ1v) is 6.34. The molecule has 1 aromatic heterocycles. The average Bonchev–Trinajstić information content (AvgIpc) is 2.41. The number of rotatable bonds is 4. The van der Waals surface area contributed by atoms with Crippen molar-refractivity contribution in [2.75, 3.05) is 11.1 Å². The lowest BCUT2D eigenvalue weighted by atomic mass is 10.2. The quantitative estimate of drug-likeness (QED) is 0.896. The monoisotopic (exact) mass is 271 g/mol. The Morgan fingerprint density at radius 2 is 1.90 bits per heavy atom. The molecule has 1 aromatic carbocycles. The molecule has 1 amide bonds. The van der Waals surface area contributed by atoms with Crippen LogP contribution in [0.3, 0.4) is 0 Å². The summed E-state index contributed by atoms with van der Waals surface area (Å²) in [6, 6.07) is 10.4. The van der Waals surface area contributed by atoms with E-state index in [9.17, 15) is 4.79 Å². The third-order valence-electron chi connectivity index (χ3n) is 2.50. The van der Waals surface area contributed by atoms with Gasteiger partial charge in [0.2, 0.25) is 0 Å². The SMILES string of the molecule is CC(C)Oc1ccc(NC(=O)c2ccc(N)cn2)cc1. The van der Waals surface area contributed by atoms with Crippen LogP contribution in [0.2, 0.25) is 0 Å². The van der Waals surface area contributed by atoms with E-state index in [1.807, 2.05) is 26.0 Å². The molecule has 0 atom stereocenters. The van der Waals surface area contributed by atoms with Gasteiger partial charge in [-0.1, -0.05) is 0 Å². The third-order valence-corrected chi connectivity index (χ3v) is 2.50. The van der Waals surface area contributed by atoms with Gasteiger partial charge in [-0.25, -0.2) is 4.98 Å². The largest absolute Gasteiger partial charge is 0.491 e. The fourth-order valence-corrected chi connectivity index (χ4v) is 1.62. The Hall–Kier alpha value is -2.56. The molecule has 0 fully saturated rings. The molecule has 0 unspecified atom stereocenters. The number of nitrogens with one attached hydrogen (secondary N) is 1. The number of benzene rings is 1. The predicted molar refractivity (Wildman–Crippen MR) is 78.8 cm³/mol. The summed E-state index contributed by atoms with van der Waals surface area (Å²) in [5.74, 6) is 0.492. The van der Waals surface area contributed by atoms with Gasteiger partial charge in [0.05, 0.1) is 18.0 Å². The van der Waals surface area contributed by atoms with E-state index < -0.39 is 0 Å². The fraction of sp³-hybridized carbons (Fsp3) is 0.200. The van der Waals surface area contributed by atoms with E-state index in [2.05, 4.69) is 10.3 Å². The highest BCUT2D eigenvalue weighted by molar-refractivity contribution is 6.02. The first-order valence-electron chi connectivity index (χ1n) is 6.34. The maximum absolute atomic E-state index is 11.9. The molecule has 5 heteroatoms. The molecule has 104 valence electrons. The van der Waals surface area contributed by atoms with Crippen LogP contribution in [0.25, 0.3) is 0 Å². The molecule has 1 heterocycles. The van der Waals surface area contributed by atoms with E-state index in [0.29, 0.717) is 17.1 Å². The number of nitrogens with two attached hydrogens (primary N) is 1. The van der Waals surface area contributed by atoms with Crippen molar-refractivity contribution in [3.63, 3.8) is 0 Å². The van der Waals surface area contributed by atoms with Crippen LogP contribution in [0.15, 0.2) is 42.6 Å². The van der Waals surface area contributed by atoms with Gasteiger partial charge >= 0.3 is 0 Å². The Labute approximate surface area is 117 Å². The van der Waals surface area contributed by atoms with Crippen molar-refractivity contribution in [3.05, 3.63) is 48.3 Å². The van der Waals surface area contributed by atoms with Crippen LogP contribution in [0.4, 0.5) is 11.4 Å². The Morgan fingerprint density at radius 1 is 1.20 bits per heavy atom. The number of hydrogen-bond donors (Lipinski definition) is 2. The van der Waals surface area contributed by atoms with Crippen molar-refractivity contribution in [2.24, 2.45) is 0 Å². The molecular formula is C15H17N3O2. The summed E-state index contributed by atoms with van der Waals surface area (Å²) in [5, 5.41) is 2.76. The summed E-state index contributed by atoms with van der Waals surface area (Å²) in [4.78, 5) is 15.9. The van der Waals surface area contributed by atoms with E-state index in [-0.39, 0.29) is 12.0 Å². The maximum atomic E-state index is 11.9. The molecule has 5 nitrogen and oxygen atoms in total. The van der Waals surface area contributed by atoms with Gasteiger partial charge in [0.15, 0.2) is 0 Å². The first kappa shape index (κ1) is 13.9. The number of ether oxygens (including phenoxy) is 1. The van der Waals surface area contributed by atoms with Crippen LogP contribution < -0.4 is 15.8 Å². The average molecular weight is 271 g/mol. The van der Waals surface area contributed by atoms with Crippen molar-refractivity contribution >= 4 is 17.3 Å². The molecule has 2 rings (SSSR count). The van der Waals surface area contributed by atoms with E-state index in [1.165, 1.54) is 6.20 Å². The van der Waals surface area contributed by atoms with Gasteiger partial charge in [-0.2, -0.15) is 0 Å². The number of carbonyl (C=O) groups excluding carboxylic acids is 1. The lowest BCUT2D eigenvalue weighted by molar-refractivity contribution is 0.102. The number of nitrogens with zero attached hydrogens (tertiary/aromatic N) is 1. The Kier molecular flexibility index (Phi) is 4.20. The molecule has 0 bridgehead atoms. The van der Waals surface area contributed by atoms with E-state index in [0.717, 1.165) is 5.75 Å². The van der Waals surface area contributed by atoms with Crippen LogP contribution in [0, 0.1) is 0 Å². The molecule has 0 saturated carbocycles. The van der Waals surface area contributed by atoms with Gasteiger partial charge in [-0.15, -0.1) is 0 Å². The van der Waals surface area contributed by atoms with Crippen molar-refractivity contribution in [3.8, 4) is 5.75 Å². The van der Waals surface area contributed by atoms with Crippen molar-refractivity contribution in [1.29, 1.82) is 0 Å². The molecule has 2 aromatic rings. The number of carbonyl (C=O) groups is 1. The zero-order chi connectivity index (χ0) is 14.5. The molecule has 0 spiro atoms. The summed E-state index contributed by atoms with van der Waals surface area (Å²) in [6.45, 7) is 3.92. The van der Waals surface area contributed by atoms with Crippen LogP contribution >= 0.6 is 0 Å². The van der Waals surface area contributed by atoms with E-state index in [1.54, 1.807) is 24.3 Å². The van der Waals surface area contributed by atoms with Gasteiger partial charge in [-0.3, -0.25) is 4.79 Å². The number of nitrogen functional groups attached to an aromatic ring is 1. The lowest BCUT2D eigenvalue weighted by Crippen LogP contribution is -2.13. The van der Waals surface area contributed by atoms with Crippen molar-refractivity contribution in [1.82, 2.24) is 4.98 Å². The summed E-state index contributed by atoms with van der Waals surface area (Å²) in [6.07, 6.45) is 1.57. The highest BCUT2D eigenvalue weighted by atomic mass is 16.5. The summed E-state index contributed by atoms with van der Waals surface area (Å²) in [7, 11) is 0. The molecule has 20 heavy (non-hydrogen) atoms. The summed E-state index contributed by atoms with van der Waals surface area (Å²) < 4.78 is 5.53. The topological polar surface area (TPSA) is 77.2 Å². The Bertz CT molecular complexity index is 577. The molecule has 0 aliphatic heterocycles. The van der Waals surface area contributed by atoms with Gasteiger partial charge in [0.25, 0.3) is 5.91 Å². The van der Waals surface area contributed by atoms with Crippen molar-refractivity contribution in [2.45, 2.75) is 20.0 Å². The molecule has 0 aliphatic carbocycles. The van der Waals surface area contributed by atoms with E-state index >= 15 is 0 Å². The molecule has 3 N–H and O–H groups in total. The third kappa shape index (κ3) is 3.71. The normalized spacial score (nSPS) is 10.3.